The van der Waals surface area contributed by atoms with Crippen LogP contribution in [0, 0.1) is 0 Å². The predicted molar refractivity (Wildman–Crippen MR) is 76.3 cm³/mol. The summed E-state index contributed by atoms with van der Waals surface area (Å²) in [5.74, 6) is 0.127. The van der Waals surface area contributed by atoms with Gasteiger partial charge in [-0.3, -0.25) is 4.79 Å². The maximum absolute atomic E-state index is 12.1. The lowest BCUT2D eigenvalue weighted by molar-refractivity contribution is -0.123. The Labute approximate surface area is 116 Å². The van der Waals surface area contributed by atoms with Crippen molar-refractivity contribution in [1.29, 1.82) is 0 Å². The van der Waals surface area contributed by atoms with Crippen molar-refractivity contribution >= 4 is 21.8 Å². The molecular formula is C14H19BrN2O. The molecule has 18 heavy (non-hydrogen) atoms. The third kappa shape index (κ3) is 3.33. The first-order valence-electron chi connectivity index (χ1n) is 6.50. The Kier molecular flexibility index (Phi) is 4.78. The van der Waals surface area contributed by atoms with E-state index in [-0.39, 0.29) is 18.0 Å². The Hall–Kier alpha value is -0.870. The first kappa shape index (κ1) is 13.6. The number of halogens is 1. The molecule has 1 unspecified atom stereocenters. The van der Waals surface area contributed by atoms with Crippen molar-refractivity contribution in [3.05, 3.63) is 34.3 Å². The highest BCUT2D eigenvalue weighted by Crippen LogP contribution is 2.20. The number of benzene rings is 1. The molecule has 0 aliphatic carbocycles. The Bertz CT molecular complexity index is 399. The van der Waals surface area contributed by atoms with Crippen LogP contribution in [0.4, 0.5) is 0 Å². The van der Waals surface area contributed by atoms with Crippen LogP contribution in [0.5, 0.6) is 0 Å². The lowest BCUT2D eigenvalue weighted by atomic mass is 10.0. The van der Waals surface area contributed by atoms with Crippen LogP contribution in [0.1, 0.15) is 37.8 Å². The van der Waals surface area contributed by atoms with Crippen LogP contribution in [-0.4, -0.2) is 18.5 Å². The molecule has 3 nitrogen and oxygen atoms in total. The minimum Gasteiger partial charge on any atom is -0.348 e. The number of hydrogen-bond donors (Lipinski definition) is 2. The summed E-state index contributed by atoms with van der Waals surface area (Å²) in [5, 5.41) is 6.35. The molecule has 0 bridgehead atoms. The van der Waals surface area contributed by atoms with E-state index in [1.54, 1.807) is 0 Å². The maximum Gasteiger partial charge on any atom is 0.237 e. The van der Waals surface area contributed by atoms with E-state index in [0.29, 0.717) is 0 Å². The molecular weight excluding hydrogens is 292 g/mol. The summed E-state index contributed by atoms with van der Waals surface area (Å²) < 4.78 is 1.06. The zero-order valence-electron chi connectivity index (χ0n) is 10.6. The molecule has 0 saturated carbocycles. The Morgan fingerprint density at radius 2 is 2.22 bits per heavy atom. The van der Waals surface area contributed by atoms with E-state index in [9.17, 15) is 4.79 Å². The lowest BCUT2D eigenvalue weighted by Gasteiger charge is -2.20. The van der Waals surface area contributed by atoms with Gasteiger partial charge >= 0.3 is 0 Å². The first-order chi connectivity index (χ1) is 8.70. The fraction of sp³-hybridized carbons (Fsp3) is 0.500. The van der Waals surface area contributed by atoms with Crippen molar-refractivity contribution < 1.29 is 4.79 Å². The van der Waals surface area contributed by atoms with Gasteiger partial charge in [-0.15, -0.1) is 0 Å². The summed E-state index contributed by atoms with van der Waals surface area (Å²) in [6, 6.07) is 8.24. The van der Waals surface area contributed by atoms with Crippen LogP contribution in [0.2, 0.25) is 0 Å². The molecule has 1 aliphatic heterocycles. The minimum atomic E-state index is -0.00509. The summed E-state index contributed by atoms with van der Waals surface area (Å²) in [7, 11) is 0. The molecule has 2 rings (SSSR count). The van der Waals surface area contributed by atoms with Crippen LogP contribution in [-0.2, 0) is 4.79 Å². The number of rotatable bonds is 4. The fourth-order valence-electron chi connectivity index (χ4n) is 2.30. The number of nitrogens with one attached hydrogen (secondary N) is 2. The molecule has 0 spiro atoms. The summed E-state index contributed by atoms with van der Waals surface area (Å²) >= 11 is 3.42. The number of amides is 1. The lowest BCUT2D eigenvalue weighted by Crippen LogP contribution is -2.41. The van der Waals surface area contributed by atoms with E-state index in [4.69, 9.17) is 0 Å². The second-order valence-electron chi connectivity index (χ2n) is 4.67. The van der Waals surface area contributed by atoms with Gasteiger partial charge in [0.05, 0.1) is 12.1 Å². The molecule has 1 aromatic rings. The monoisotopic (exact) mass is 310 g/mol. The molecule has 2 atom stereocenters. The van der Waals surface area contributed by atoms with Gasteiger partial charge in [-0.05, 0) is 43.5 Å². The second kappa shape index (κ2) is 6.34. The summed E-state index contributed by atoms with van der Waals surface area (Å²) in [5.41, 5.74) is 1.16. The minimum absolute atomic E-state index is 0.00509. The van der Waals surface area contributed by atoms with Crippen LogP contribution in [0.25, 0.3) is 0 Å². The summed E-state index contributed by atoms with van der Waals surface area (Å²) in [4.78, 5) is 12.1. The van der Waals surface area contributed by atoms with Crippen LogP contribution >= 0.6 is 15.9 Å². The van der Waals surface area contributed by atoms with Gasteiger partial charge in [-0.25, -0.2) is 0 Å². The topological polar surface area (TPSA) is 41.1 Å². The smallest absolute Gasteiger partial charge is 0.237 e. The molecule has 1 aliphatic rings. The van der Waals surface area contributed by atoms with E-state index in [2.05, 4.69) is 45.6 Å². The van der Waals surface area contributed by atoms with Gasteiger partial charge in [-0.1, -0.05) is 35.0 Å². The average Bonchev–Trinajstić information content (AvgIpc) is 2.91. The van der Waals surface area contributed by atoms with Crippen LogP contribution in [0.15, 0.2) is 28.7 Å². The fourth-order valence-corrected chi connectivity index (χ4v) is 2.56. The van der Waals surface area contributed by atoms with E-state index in [1.165, 1.54) is 0 Å². The molecule has 2 N–H and O–H groups in total. The quantitative estimate of drug-likeness (QED) is 0.898. The van der Waals surface area contributed by atoms with Crippen molar-refractivity contribution in [2.45, 2.75) is 38.3 Å². The summed E-state index contributed by atoms with van der Waals surface area (Å²) in [6.07, 6.45) is 2.94. The van der Waals surface area contributed by atoms with Crippen molar-refractivity contribution in [3.8, 4) is 0 Å². The van der Waals surface area contributed by atoms with Gasteiger partial charge in [0.15, 0.2) is 0 Å². The van der Waals surface area contributed by atoms with Gasteiger partial charge in [0, 0.05) is 4.47 Å². The Morgan fingerprint density at radius 3 is 2.78 bits per heavy atom. The molecule has 98 valence electrons. The van der Waals surface area contributed by atoms with Gasteiger partial charge in [0.2, 0.25) is 5.91 Å². The van der Waals surface area contributed by atoms with Crippen LogP contribution in [0.3, 0.4) is 0 Å². The van der Waals surface area contributed by atoms with Crippen LogP contribution < -0.4 is 10.6 Å². The van der Waals surface area contributed by atoms with Crippen molar-refractivity contribution in [3.63, 3.8) is 0 Å². The third-order valence-electron chi connectivity index (χ3n) is 3.37. The molecule has 1 aromatic carbocycles. The van der Waals surface area contributed by atoms with Crippen molar-refractivity contribution in [1.82, 2.24) is 10.6 Å². The van der Waals surface area contributed by atoms with E-state index in [0.717, 1.165) is 35.8 Å². The van der Waals surface area contributed by atoms with Gasteiger partial charge in [0.25, 0.3) is 0 Å². The zero-order chi connectivity index (χ0) is 13.0. The molecule has 0 aromatic heterocycles. The molecule has 1 fully saturated rings. The Morgan fingerprint density at radius 1 is 1.50 bits per heavy atom. The largest absolute Gasteiger partial charge is 0.348 e. The average molecular weight is 311 g/mol. The molecule has 4 heteroatoms. The second-order valence-corrected chi connectivity index (χ2v) is 5.59. The third-order valence-corrected chi connectivity index (χ3v) is 3.90. The number of carbonyl (C=O) groups excluding carboxylic acids is 1. The van der Waals surface area contributed by atoms with E-state index < -0.39 is 0 Å². The predicted octanol–water partition coefficient (Wildman–Crippen LogP) is 2.77. The zero-order valence-corrected chi connectivity index (χ0v) is 12.2. The molecule has 0 radical (unpaired) electrons. The molecule has 1 heterocycles. The van der Waals surface area contributed by atoms with E-state index in [1.807, 2.05) is 12.1 Å². The standard InChI is InChI=1S/C14H19BrN2O/c1-2-12(10-5-7-11(15)8-6-10)17-14(18)13-4-3-9-16-13/h5-8,12-13,16H,2-4,9H2,1H3,(H,17,18)/t12?,13-/m1/s1. The van der Waals surface area contributed by atoms with Gasteiger partial charge in [-0.2, -0.15) is 0 Å². The number of hydrogen-bond acceptors (Lipinski definition) is 2. The van der Waals surface area contributed by atoms with Gasteiger partial charge < -0.3 is 10.6 Å². The van der Waals surface area contributed by atoms with Crippen molar-refractivity contribution in [2.75, 3.05) is 6.54 Å². The Balaban J connectivity index is 2.00. The van der Waals surface area contributed by atoms with Crippen molar-refractivity contribution in [2.24, 2.45) is 0 Å². The van der Waals surface area contributed by atoms with Gasteiger partial charge in [0.1, 0.15) is 0 Å². The molecule has 1 amide bonds. The SMILES string of the molecule is CCC(NC(=O)[C@H]1CCCN1)c1ccc(Br)cc1. The number of carbonyl (C=O) groups is 1. The van der Waals surface area contributed by atoms with E-state index >= 15 is 0 Å². The highest BCUT2D eigenvalue weighted by atomic mass is 79.9. The highest BCUT2D eigenvalue weighted by Gasteiger charge is 2.24. The molecule has 1 saturated heterocycles. The summed E-state index contributed by atoms with van der Waals surface area (Å²) in [6.45, 7) is 3.04. The maximum atomic E-state index is 12.1. The normalized spacial score (nSPS) is 20.7. The first-order valence-corrected chi connectivity index (χ1v) is 7.29. The highest BCUT2D eigenvalue weighted by molar-refractivity contribution is 9.10.